The van der Waals surface area contributed by atoms with Crippen LogP contribution < -0.4 is 5.73 Å². The largest absolute Gasteiger partial charge is 0.408 e. The van der Waals surface area contributed by atoms with Gasteiger partial charge in [0, 0.05) is 12.4 Å². The van der Waals surface area contributed by atoms with Crippen molar-refractivity contribution in [3.05, 3.63) is 78.6 Å². The van der Waals surface area contributed by atoms with Crippen molar-refractivity contribution in [3.63, 3.8) is 0 Å². The summed E-state index contributed by atoms with van der Waals surface area (Å²) in [5.41, 5.74) is 9.02. The number of carbonyl (C=O) groups excluding carboxylic acids is 1. The van der Waals surface area contributed by atoms with E-state index in [9.17, 15) is 23.2 Å². The molecule has 2 atom stereocenters. The van der Waals surface area contributed by atoms with Gasteiger partial charge in [0.15, 0.2) is 0 Å². The maximum atomic E-state index is 14.3. The first kappa shape index (κ1) is 25.9. The van der Waals surface area contributed by atoms with E-state index in [4.69, 9.17) is 5.73 Å². The van der Waals surface area contributed by atoms with Crippen molar-refractivity contribution in [1.82, 2.24) is 9.88 Å². The first-order valence-corrected chi connectivity index (χ1v) is 11.2. The molecule has 1 unspecified atom stereocenters. The van der Waals surface area contributed by atoms with Gasteiger partial charge in [-0.25, -0.2) is 0 Å². The average molecular weight is 481 g/mol. The van der Waals surface area contributed by atoms with Gasteiger partial charge in [0.05, 0.1) is 18.7 Å². The maximum Gasteiger partial charge on any atom is 0.408 e. The summed E-state index contributed by atoms with van der Waals surface area (Å²) in [4.78, 5) is 17.0. The van der Waals surface area contributed by atoms with Crippen molar-refractivity contribution >= 4 is 5.91 Å². The van der Waals surface area contributed by atoms with Crippen LogP contribution >= 0.6 is 0 Å². The van der Waals surface area contributed by atoms with E-state index in [1.54, 1.807) is 44.4 Å². The minimum absolute atomic E-state index is 0.0556. The predicted molar refractivity (Wildman–Crippen MR) is 129 cm³/mol. The number of carbonyl (C=O) groups is 1. The van der Waals surface area contributed by atoms with Gasteiger partial charge in [-0.15, -0.1) is 0 Å². The number of nitriles is 1. The molecule has 182 valence electrons. The molecule has 0 bridgehead atoms. The number of halogens is 3. The monoisotopic (exact) mass is 480 g/mol. The Balaban J connectivity index is 1.93. The zero-order chi connectivity index (χ0) is 25.6. The van der Waals surface area contributed by atoms with E-state index in [0.29, 0.717) is 0 Å². The summed E-state index contributed by atoms with van der Waals surface area (Å²) in [6, 6.07) is 15.9. The van der Waals surface area contributed by atoms with Crippen molar-refractivity contribution in [2.24, 2.45) is 11.7 Å². The average Bonchev–Trinajstić information content (AvgIpc) is 2.82. The fraction of sp³-hybridized carbons (Fsp3) is 0.296. The number of rotatable bonds is 9. The lowest BCUT2D eigenvalue weighted by Gasteiger charge is -2.37. The fourth-order valence-electron chi connectivity index (χ4n) is 4.15. The third-order valence-corrected chi connectivity index (χ3v) is 5.78. The number of benzene rings is 2. The minimum Gasteiger partial charge on any atom is -0.368 e. The summed E-state index contributed by atoms with van der Waals surface area (Å²) in [7, 11) is 0. The Kier molecular flexibility index (Phi) is 8.26. The Morgan fingerprint density at radius 3 is 1.80 bits per heavy atom. The molecule has 0 saturated carbocycles. The molecule has 1 amide bonds. The first-order valence-electron chi connectivity index (χ1n) is 11.2. The van der Waals surface area contributed by atoms with Crippen LogP contribution in [0, 0.1) is 17.2 Å². The Bertz CT molecular complexity index is 1150. The number of nitrogens with zero attached hydrogens (tertiary/aromatic N) is 3. The van der Waals surface area contributed by atoms with Gasteiger partial charge in [0.25, 0.3) is 0 Å². The summed E-state index contributed by atoms with van der Waals surface area (Å²) in [6.45, 7) is 3.00. The van der Waals surface area contributed by atoms with E-state index in [0.717, 1.165) is 27.2 Å². The second-order valence-corrected chi connectivity index (χ2v) is 8.76. The van der Waals surface area contributed by atoms with Crippen molar-refractivity contribution in [1.29, 1.82) is 5.26 Å². The molecular weight excluding hydrogens is 453 g/mol. The molecule has 2 aromatic carbocycles. The second kappa shape index (κ2) is 11.2. The molecule has 3 rings (SSSR count). The van der Waals surface area contributed by atoms with Crippen LogP contribution in [0.1, 0.15) is 31.9 Å². The van der Waals surface area contributed by atoms with E-state index >= 15 is 0 Å². The highest BCUT2D eigenvalue weighted by molar-refractivity contribution is 5.80. The van der Waals surface area contributed by atoms with Crippen LogP contribution in [0.5, 0.6) is 0 Å². The topological polar surface area (TPSA) is 83.0 Å². The van der Waals surface area contributed by atoms with Gasteiger partial charge < -0.3 is 5.73 Å². The number of aromatic nitrogens is 1. The minimum atomic E-state index is -4.71. The molecule has 35 heavy (non-hydrogen) atoms. The number of primary amides is 1. The Labute approximate surface area is 203 Å². The summed E-state index contributed by atoms with van der Waals surface area (Å²) in [5.74, 6) is -0.964. The van der Waals surface area contributed by atoms with Crippen LogP contribution in [0.15, 0.2) is 73.1 Å². The molecule has 0 fully saturated rings. The number of hydrogen-bond donors (Lipinski definition) is 1. The Morgan fingerprint density at radius 2 is 1.40 bits per heavy atom. The molecule has 1 aromatic heterocycles. The standard InChI is InChI=1S/C27H27F3N4O/c1-18(2)17-24(26(32)35)34(16-13-31)25(27(28,29)30)23-9-7-20(8-10-23)19-3-5-21(6-4-19)22-11-14-33-15-12-22/h3-12,14-15,18,24-25H,16-17H2,1-2H3,(H2,32,35)/t24-,25?/m0/s1. The zero-order valence-electron chi connectivity index (χ0n) is 19.5. The van der Waals surface area contributed by atoms with E-state index < -0.39 is 30.7 Å². The maximum absolute atomic E-state index is 14.3. The van der Waals surface area contributed by atoms with Crippen LogP contribution in [0.4, 0.5) is 13.2 Å². The summed E-state index contributed by atoms with van der Waals surface area (Å²) >= 11 is 0. The van der Waals surface area contributed by atoms with E-state index in [1.165, 1.54) is 12.1 Å². The van der Waals surface area contributed by atoms with Gasteiger partial charge in [-0.1, -0.05) is 62.4 Å². The Morgan fingerprint density at radius 1 is 0.943 bits per heavy atom. The van der Waals surface area contributed by atoms with Crippen LogP contribution in [0.3, 0.4) is 0 Å². The smallest absolute Gasteiger partial charge is 0.368 e. The molecule has 3 aromatic rings. The highest BCUT2D eigenvalue weighted by atomic mass is 19.4. The van der Waals surface area contributed by atoms with Crippen molar-refractivity contribution in [3.8, 4) is 28.3 Å². The SMILES string of the molecule is CC(C)C[C@@H](C(N)=O)N(CC#N)C(c1ccc(-c2ccc(-c3ccncc3)cc2)cc1)C(F)(F)F. The van der Waals surface area contributed by atoms with Gasteiger partial charge in [0.1, 0.15) is 6.04 Å². The van der Waals surface area contributed by atoms with Crippen molar-refractivity contribution in [2.45, 2.75) is 38.5 Å². The van der Waals surface area contributed by atoms with Gasteiger partial charge in [-0.3, -0.25) is 14.7 Å². The van der Waals surface area contributed by atoms with Crippen LogP contribution in [0.25, 0.3) is 22.3 Å². The number of nitrogens with two attached hydrogens (primary N) is 1. The summed E-state index contributed by atoms with van der Waals surface area (Å²) in [5, 5.41) is 9.25. The molecule has 0 radical (unpaired) electrons. The van der Waals surface area contributed by atoms with Crippen LogP contribution in [0.2, 0.25) is 0 Å². The zero-order valence-corrected chi connectivity index (χ0v) is 19.5. The van der Waals surface area contributed by atoms with Crippen LogP contribution in [-0.2, 0) is 4.79 Å². The van der Waals surface area contributed by atoms with Crippen molar-refractivity contribution in [2.75, 3.05) is 6.54 Å². The number of alkyl halides is 3. The quantitative estimate of drug-likeness (QED) is 0.396. The van der Waals surface area contributed by atoms with E-state index in [2.05, 4.69) is 4.98 Å². The lowest BCUT2D eigenvalue weighted by Crippen LogP contribution is -2.51. The fourth-order valence-corrected chi connectivity index (χ4v) is 4.15. The first-order chi connectivity index (χ1) is 16.6. The Hall–Kier alpha value is -3.70. The molecule has 2 N–H and O–H groups in total. The van der Waals surface area contributed by atoms with E-state index in [-0.39, 0.29) is 17.9 Å². The number of hydrogen-bond acceptors (Lipinski definition) is 4. The van der Waals surface area contributed by atoms with Gasteiger partial charge in [-0.05, 0) is 52.3 Å². The molecule has 0 aliphatic heterocycles. The normalized spacial score (nSPS) is 13.4. The van der Waals surface area contributed by atoms with Crippen LogP contribution in [-0.4, -0.2) is 34.6 Å². The van der Waals surface area contributed by atoms with Crippen molar-refractivity contribution < 1.29 is 18.0 Å². The summed E-state index contributed by atoms with van der Waals surface area (Å²) < 4.78 is 42.8. The highest BCUT2D eigenvalue weighted by Crippen LogP contribution is 2.40. The van der Waals surface area contributed by atoms with Gasteiger partial charge >= 0.3 is 6.18 Å². The van der Waals surface area contributed by atoms with Gasteiger partial charge in [-0.2, -0.15) is 18.4 Å². The molecule has 5 nitrogen and oxygen atoms in total. The third-order valence-electron chi connectivity index (χ3n) is 5.78. The summed E-state index contributed by atoms with van der Waals surface area (Å²) in [6.07, 6.45) is -1.18. The van der Waals surface area contributed by atoms with E-state index in [1.807, 2.05) is 36.4 Å². The molecule has 1 heterocycles. The highest BCUT2D eigenvalue weighted by Gasteiger charge is 2.47. The van der Waals surface area contributed by atoms with Gasteiger partial charge in [0.2, 0.25) is 5.91 Å². The molecule has 0 aliphatic carbocycles. The molecule has 8 heteroatoms. The number of amides is 1. The molecule has 0 saturated heterocycles. The third kappa shape index (κ3) is 6.46. The molecule has 0 spiro atoms. The second-order valence-electron chi connectivity index (χ2n) is 8.76. The number of pyridine rings is 1. The lowest BCUT2D eigenvalue weighted by atomic mass is 9.95. The predicted octanol–water partition coefficient (Wildman–Crippen LogP) is 5.74. The molecular formula is C27H27F3N4O. The molecule has 0 aliphatic rings. The lowest BCUT2D eigenvalue weighted by molar-refractivity contribution is -0.192.